The van der Waals surface area contributed by atoms with Gasteiger partial charge in [-0.15, -0.1) is 0 Å². The van der Waals surface area contributed by atoms with Crippen molar-refractivity contribution in [3.8, 4) is 0 Å². The van der Waals surface area contributed by atoms with Crippen LogP contribution in [-0.4, -0.2) is 30.1 Å². The number of rotatable bonds is 2. The van der Waals surface area contributed by atoms with Crippen molar-refractivity contribution in [3.05, 3.63) is 47.0 Å². The van der Waals surface area contributed by atoms with Crippen molar-refractivity contribution in [2.24, 2.45) is 5.92 Å². The first-order valence-corrected chi connectivity index (χ1v) is 6.17. The zero-order valence-electron chi connectivity index (χ0n) is 9.15. The molecule has 0 amide bonds. The van der Waals surface area contributed by atoms with Gasteiger partial charge in [0.05, 0.1) is 10.8 Å². The first kappa shape index (κ1) is 12.2. The largest absolute Gasteiger partial charge is 0.361 e. The van der Waals surface area contributed by atoms with Crippen LogP contribution in [0.15, 0.2) is 30.3 Å². The van der Waals surface area contributed by atoms with Gasteiger partial charge in [-0.1, -0.05) is 36.4 Å². The molecule has 0 aliphatic heterocycles. The third kappa shape index (κ3) is 2.07. The third-order valence-electron chi connectivity index (χ3n) is 2.65. The Hall–Kier alpha value is -2.30. The maximum atomic E-state index is 11.7. The summed E-state index contributed by atoms with van der Waals surface area (Å²) in [4.78, 5) is 14.3. The second-order valence-electron chi connectivity index (χ2n) is 3.67. The lowest BCUT2D eigenvalue weighted by Crippen LogP contribution is -2.27. The SMILES string of the molecule is [N-]=[N+]=CC(=O)C1C=Cc2ccccc2C1=S(=O)=O. The first-order chi connectivity index (χ1) is 8.65. The Morgan fingerprint density at radius 3 is 2.72 bits per heavy atom. The van der Waals surface area contributed by atoms with Crippen molar-refractivity contribution in [1.29, 1.82) is 0 Å². The van der Waals surface area contributed by atoms with Gasteiger partial charge in [0, 0.05) is 5.56 Å². The van der Waals surface area contributed by atoms with E-state index in [9.17, 15) is 13.2 Å². The van der Waals surface area contributed by atoms with Crippen LogP contribution in [0.4, 0.5) is 0 Å². The fraction of sp³-hybridized carbons (Fsp3) is 0.0833. The number of hydrogen-bond acceptors (Lipinski definition) is 3. The van der Waals surface area contributed by atoms with Gasteiger partial charge in [-0.2, -0.15) is 13.2 Å². The zero-order chi connectivity index (χ0) is 13.1. The molecule has 0 fully saturated rings. The van der Waals surface area contributed by atoms with Gasteiger partial charge >= 0.3 is 6.21 Å². The molecule has 0 saturated carbocycles. The van der Waals surface area contributed by atoms with Gasteiger partial charge < -0.3 is 5.53 Å². The van der Waals surface area contributed by atoms with Crippen molar-refractivity contribution in [3.63, 3.8) is 0 Å². The van der Waals surface area contributed by atoms with Gasteiger partial charge in [-0.3, -0.25) is 4.79 Å². The van der Waals surface area contributed by atoms with E-state index in [2.05, 4.69) is 4.79 Å². The Morgan fingerprint density at radius 1 is 1.33 bits per heavy atom. The summed E-state index contributed by atoms with van der Waals surface area (Å²) < 4.78 is 22.6. The lowest BCUT2D eigenvalue weighted by atomic mass is 9.87. The minimum atomic E-state index is -2.52. The Balaban J connectivity index is 2.67. The zero-order valence-corrected chi connectivity index (χ0v) is 9.96. The summed E-state index contributed by atoms with van der Waals surface area (Å²) in [5.74, 6) is -1.52. The van der Waals surface area contributed by atoms with E-state index in [4.69, 9.17) is 5.53 Å². The molecule has 6 heteroatoms. The van der Waals surface area contributed by atoms with Crippen LogP contribution in [0, 0.1) is 5.92 Å². The fourth-order valence-corrected chi connectivity index (χ4v) is 2.64. The number of Topliss-reactive ketones (excluding diaryl/α,β-unsaturated/α-hetero) is 1. The van der Waals surface area contributed by atoms with Crippen molar-refractivity contribution in [1.82, 2.24) is 0 Å². The molecule has 0 N–H and O–H groups in total. The standard InChI is InChI=1S/C12H8N2O3S/c13-14-7-11(15)10-6-5-8-3-1-2-4-9(8)12(10)18(16)17/h1-7,10H. The van der Waals surface area contributed by atoms with Crippen molar-refractivity contribution < 1.29 is 18.0 Å². The molecule has 0 heterocycles. The Kier molecular flexibility index (Phi) is 3.32. The van der Waals surface area contributed by atoms with Gasteiger partial charge in [0.25, 0.3) is 0 Å². The normalized spacial score (nSPS) is 16.7. The lowest BCUT2D eigenvalue weighted by Gasteiger charge is -2.16. The highest BCUT2D eigenvalue weighted by atomic mass is 32.2. The van der Waals surface area contributed by atoms with Gasteiger partial charge in [0.1, 0.15) is 0 Å². The summed E-state index contributed by atoms with van der Waals surface area (Å²) >= 11 is 0. The van der Waals surface area contributed by atoms with Crippen LogP contribution in [0.25, 0.3) is 11.6 Å². The van der Waals surface area contributed by atoms with Crippen molar-refractivity contribution in [2.45, 2.75) is 0 Å². The molecule has 1 aromatic carbocycles. The highest BCUT2D eigenvalue weighted by molar-refractivity contribution is 7.73. The minimum Gasteiger partial charge on any atom is -0.361 e. The maximum Gasteiger partial charge on any atom is 0.324 e. The number of hydrogen-bond donors (Lipinski definition) is 0. The summed E-state index contributed by atoms with van der Waals surface area (Å²) in [5, 5.41) is 0. The Labute approximate surface area is 105 Å². The number of carbonyl (C=O) groups excluding carboxylic acids is 1. The predicted molar refractivity (Wildman–Crippen MR) is 66.7 cm³/mol. The van der Waals surface area contributed by atoms with Crippen LogP contribution < -0.4 is 0 Å². The first-order valence-electron chi connectivity index (χ1n) is 5.10. The smallest absolute Gasteiger partial charge is 0.324 e. The van der Waals surface area contributed by atoms with E-state index in [-0.39, 0.29) is 4.86 Å². The number of fused-ring (bicyclic) bond motifs is 1. The number of ketones is 1. The van der Waals surface area contributed by atoms with Gasteiger partial charge in [-0.05, 0) is 5.56 Å². The fourth-order valence-electron chi connectivity index (χ4n) is 1.88. The summed E-state index contributed by atoms with van der Waals surface area (Å²) in [7, 11) is -2.52. The molecular formula is C12H8N2O3S. The molecule has 1 unspecified atom stereocenters. The van der Waals surface area contributed by atoms with E-state index < -0.39 is 22.0 Å². The third-order valence-corrected chi connectivity index (χ3v) is 3.48. The molecule has 5 nitrogen and oxygen atoms in total. The number of carbonyl (C=O) groups is 1. The molecule has 0 radical (unpaired) electrons. The van der Waals surface area contributed by atoms with E-state index >= 15 is 0 Å². The molecule has 1 atom stereocenters. The summed E-state index contributed by atoms with van der Waals surface area (Å²) in [5.41, 5.74) is 9.58. The van der Waals surface area contributed by atoms with Crippen LogP contribution in [0.3, 0.4) is 0 Å². The quantitative estimate of drug-likeness (QED) is 0.337. The van der Waals surface area contributed by atoms with E-state index in [1.54, 1.807) is 30.3 Å². The molecule has 1 aliphatic rings. The second kappa shape index (κ2) is 4.91. The van der Waals surface area contributed by atoms with Crippen LogP contribution in [-0.2, 0) is 15.1 Å². The molecule has 90 valence electrons. The molecule has 1 aromatic rings. The average molecular weight is 260 g/mol. The van der Waals surface area contributed by atoms with Crippen molar-refractivity contribution >= 4 is 33.2 Å². The van der Waals surface area contributed by atoms with Crippen LogP contribution >= 0.6 is 0 Å². The van der Waals surface area contributed by atoms with Crippen LogP contribution in [0.5, 0.6) is 0 Å². The molecule has 0 bridgehead atoms. The highest BCUT2D eigenvalue weighted by Gasteiger charge is 2.29. The summed E-state index contributed by atoms with van der Waals surface area (Å²) in [6.45, 7) is 0. The Bertz CT molecular complexity index is 717. The molecule has 0 aromatic heterocycles. The molecule has 1 aliphatic carbocycles. The van der Waals surface area contributed by atoms with E-state index in [0.29, 0.717) is 11.8 Å². The second-order valence-corrected chi connectivity index (χ2v) is 4.58. The number of benzene rings is 1. The summed E-state index contributed by atoms with van der Waals surface area (Å²) in [6.07, 6.45) is 3.87. The molecule has 0 saturated heterocycles. The van der Waals surface area contributed by atoms with E-state index in [0.717, 1.165) is 5.56 Å². The topological polar surface area (TPSA) is 87.6 Å². The summed E-state index contributed by atoms with van der Waals surface area (Å²) in [6, 6.07) is 6.89. The van der Waals surface area contributed by atoms with Crippen LogP contribution in [0.1, 0.15) is 11.1 Å². The van der Waals surface area contributed by atoms with Gasteiger partial charge in [-0.25, -0.2) is 0 Å². The maximum absolute atomic E-state index is 11.7. The van der Waals surface area contributed by atoms with E-state index in [1.807, 2.05) is 0 Å². The van der Waals surface area contributed by atoms with E-state index in [1.165, 1.54) is 6.08 Å². The minimum absolute atomic E-state index is 0.00185. The highest BCUT2D eigenvalue weighted by Crippen LogP contribution is 2.23. The molecule has 0 spiro atoms. The molecule has 2 rings (SSSR count). The average Bonchev–Trinajstić information content (AvgIpc) is 2.37. The number of allylic oxidation sites excluding steroid dienone is 1. The van der Waals surface area contributed by atoms with Gasteiger partial charge in [0.15, 0.2) is 0 Å². The lowest BCUT2D eigenvalue weighted by molar-refractivity contribution is -0.116. The van der Waals surface area contributed by atoms with Gasteiger partial charge in [0.2, 0.25) is 16.1 Å². The molecular weight excluding hydrogens is 252 g/mol. The van der Waals surface area contributed by atoms with Crippen LogP contribution in [0.2, 0.25) is 0 Å². The molecule has 18 heavy (non-hydrogen) atoms. The van der Waals surface area contributed by atoms with Crippen molar-refractivity contribution in [2.75, 3.05) is 0 Å². The predicted octanol–water partition coefficient (Wildman–Crippen LogP) is 0.599. The Morgan fingerprint density at radius 2 is 2.06 bits per heavy atom. The monoisotopic (exact) mass is 260 g/mol. The number of nitrogens with zero attached hydrogens (tertiary/aromatic N) is 2.